The summed E-state index contributed by atoms with van der Waals surface area (Å²) in [5.74, 6) is 0. The van der Waals surface area contributed by atoms with Gasteiger partial charge in [-0.15, -0.1) is 0 Å². The maximum atomic E-state index is 12.1. The minimum Gasteiger partial charge on any atom is -0.448 e. The Morgan fingerprint density at radius 1 is 1.43 bits per heavy atom. The van der Waals surface area contributed by atoms with Crippen LogP contribution in [0.15, 0.2) is 0 Å². The smallest absolute Gasteiger partial charge is 0.448 e. The Balaban J connectivity index is 0.00000169. The molecule has 1 atom stereocenters. The van der Waals surface area contributed by atoms with Crippen LogP contribution in [-0.4, -0.2) is 44.1 Å². The van der Waals surface area contributed by atoms with Crippen LogP contribution >= 0.6 is 0 Å². The Morgan fingerprint density at radius 2 is 2.07 bits per heavy atom. The van der Waals surface area contributed by atoms with Crippen molar-refractivity contribution in [1.82, 2.24) is 4.90 Å². The number of nitrogens with zero attached hydrogens (tertiary/aromatic N) is 1. The summed E-state index contributed by atoms with van der Waals surface area (Å²) in [6.45, 7) is -1.56. The Hall–Kier alpha value is 1.41. The van der Waals surface area contributed by atoms with Crippen LogP contribution in [0, 0.1) is 0 Å². The van der Waals surface area contributed by atoms with Gasteiger partial charge in [0.25, 0.3) is 0 Å². The first-order valence-corrected chi connectivity index (χ1v) is 4.55. The van der Waals surface area contributed by atoms with Crippen molar-refractivity contribution >= 4 is 6.98 Å². The number of hydrogen-bond acceptors (Lipinski definition) is 2. The van der Waals surface area contributed by atoms with Crippen molar-refractivity contribution in [3.63, 3.8) is 0 Å². The third-order valence-corrected chi connectivity index (χ3v) is 2.26. The molecule has 14 heavy (non-hydrogen) atoms. The van der Waals surface area contributed by atoms with Crippen molar-refractivity contribution in [3.05, 3.63) is 0 Å². The number of hydrogen-bond donors (Lipinski definition) is 0. The normalized spacial score (nSPS) is 24.4. The second-order valence-corrected chi connectivity index (χ2v) is 3.34. The molecule has 0 radical (unpaired) electrons. The van der Waals surface area contributed by atoms with Crippen LogP contribution in [0.2, 0.25) is 0 Å². The van der Waals surface area contributed by atoms with Gasteiger partial charge in [-0.05, 0) is 12.9 Å². The average molecular weight is 235 g/mol. The van der Waals surface area contributed by atoms with Gasteiger partial charge in [-0.25, -0.2) is 0 Å². The molecule has 0 aliphatic carbocycles. The Kier molecular flexibility index (Phi) is 7.57. The molecule has 0 aromatic heterocycles. The van der Waals surface area contributed by atoms with Crippen LogP contribution in [0.5, 0.6) is 0 Å². The molecule has 1 aliphatic rings. The Labute approximate surface area is 125 Å². The summed E-state index contributed by atoms with van der Waals surface area (Å²) >= 11 is 0. The largest absolute Gasteiger partial charge is 1.00 e. The molecule has 1 saturated heterocycles. The van der Waals surface area contributed by atoms with E-state index < -0.39 is 13.4 Å². The summed E-state index contributed by atoms with van der Waals surface area (Å²) in [6, 6.07) is -0.0581. The molecule has 0 amide bonds. The Bertz CT molecular complexity index is 170. The van der Waals surface area contributed by atoms with Crippen molar-refractivity contribution < 1.29 is 69.1 Å². The zero-order valence-electron chi connectivity index (χ0n) is 8.68. The first-order valence-electron chi connectivity index (χ1n) is 4.55. The van der Waals surface area contributed by atoms with E-state index in [4.69, 9.17) is 4.74 Å². The molecule has 7 heteroatoms. The van der Waals surface area contributed by atoms with Gasteiger partial charge < -0.3 is 22.6 Å². The summed E-state index contributed by atoms with van der Waals surface area (Å²) in [7, 11) is 0. The van der Waals surface area contributed by atoms with Crippen molar-refractivity contribution in [2.75, 3.05) is 26.2 Å². The maximum Gasteiger partial charge on any atom is 1.00 e. The van der Waals surface area contributed by atoms with E-state index in [0.717, 1.165) is 0 Å². The van der Waals surface area contributed by atoms with E-state index in [9.17, 15) is 12.9 Å². The molecule has 1 aliphatic heterocycles. The predicted octanol–water partition coefficient (Wildman–Crippen LogP) is -1.51. The van der Waals surface area contributed by atoms with E-state index in [1.165, 1.54) is 4.90 Å². The van der Waals surface area contributed by atoms with E-state index in [2.05, 4.69) is 0 Å². The SMILES string of the molecule is CCC1COCCN1C[B-](F)(F)F.[K+]. The zero-order chi connectivity index (χ0) is 9.90. The van der Waals surface area contributed by atoms with Gasteiger partial charge in [0.1, 0.15) is 0 Å². The first-order chi connectivity index (χ1) is 6.03. The Morgan fingerprint density at radius 3 is 2.57 bits per heavy atom. The van der Waals surface area contributed by atoms with Crippen LogP contribution in [0.4, 0.5) is 12.9 Å². The quantitative estimate of drug-likeness (QED) is 0.551. The van der Waals surface area contributed by atoms with Gasteiger partial charge in [-0.3, -0.25) is 0 Å². The number of morpholine rings is 1. The fourth-order valence-electron chi connectivity index (χ4n) is 1.57. The van der Waals surface area contributed by atoms with Crippen molar-refractivity contribution in [2.24, 2.45) is 0 Å². The molecule has 1 unspecified atom stereocenters. The molecular weight excluding hydrogens is 221 g/mol. The van der Waals surface area contributed by atoms with Crippen LogP contribution < -0.4 is 51.4 Å². The third-order valence-electron chi connectivity index (χ3n) is 2.26. The monoisotopic (exact) mass is 235 g/mol. The van der Waals surface area contributed by atoms with Crippen molar-refractivity contribution in [1.29, 1.82) is 0 Å². The molecule has 2 nitrogen and oxygen atoms in total. The van der Waals surface area contributed by atoms with Crippen LogP contribution in [0.3, 0.4) is 0 Å². The zero-order valence-corrected chi connectivity index (χ0v) is 11.8. The summed E-state index contributed by atoms with van der Waals surface area (Å²) < 4.78 is 41.5. The van der Waals surface area contributed by atoms with Crippen molar-refractivity contribution in [3.8, 4) is 0 Å². The second-order valence-electron chi connectivity index (χ2n) is 3.34. The first kappa shape index (κ1) is 15.4. The van der Waals surface area contributed by atoms with Gasteiger partial charge in [0, 0.05) is 12.6 Å². The fraction of sp³-hybridized carbons (Fsp3) is 1.00. The molecular formula is C7H14BF3KNO. The molecule has 0 N–H and O–H groups in total. The summed E-state index contributed by atoms with van der Waals surface area (Å²) in [5, 5.41) is 0. The summed E-state index contributed by atoms with van der Waals surface area (Å²) in [6.07, 6.45) is -0.0337. The molecule has 0 saturated carbocycles. The summed E-state index contributed by atoms with van der Waals surface area (Å²) in [5.41, 5.74) is 0. The van der Waals surface area contributed by atoms with Gasteiger partial charge >= 0.3 is 58.4 Å². The summed E-state index contributed by atoms with van der Waals surface area (Å²) in [4.78, 5) is 1.48. The average Bonchev–Trinajstić information content (AvgIpc) is 2.02. The van der Waals surface area contributed by atoms with Crippen LogP contribution in [0.1, 0.15) is 13.3 Å². The van der Waals surface area contributed by atoms with E-state index >= 15 is 0 Å². The van der Waals surface area contributed by atoms with Crippen molar-refractivity contribution in [2.45, 2.75) is 19.4 Å². The molecule has 0 bridgehead atoms. The van der Waals surface area contributed by atoms with E-state index in [0.29, 0.717) is 26.2 Å². The van der Waals surface area contributed by atoms with Gasteiger partial charge in [-0.1, -0.05) is 6.92 Å². The molecule has 1 heterocycles. The standard InChI is InChI=1S/C7H14BF3NO.K/c1-2-7-5-13-4-3-12(7)6-8(9,10)11;/h7H,2-6H2,1H3;/q-1;+1. The van der Waals surface area contributed by atoms with Crippen LogP contribution in [-0.2, 0) is 4.74 Å². The molecule has 78 valence electrons. The van der Waals surface area contributed by atoms with Gasteiger partial charge in [0.15, 0.2) is 0 Å². The number of ether oxygens (including phenoxy) is 1. The fourth-order valence-corrected chi connectivity index (χ4v) is 1.57. The van der Waals surface area contributed by atoms with Crippen LogP contribution in [0.25, 0.3) is 0 Å². The van der Waals surface area contributed by atoms with E-state index in [1.807, 2.05) is 6.92 Å². The molecule has 0 spiro atoms. The molecule has 1 fully saturated rings. The molecule has 0 aromatic carbocycles. The molecule has 0 aromatic rings. The topological polar surface area (TPSA) is 12.5 Å². The minimum atomic E-state index is -4.70. The second kappa shape index (κ2) is 6.88. The number of halogens is 3. The minimum absolute atomic E-state index is 0. The predicted molar refractivity (Wildman–Crippen MR) is 45.5 cm³/mol. The van der Waals surface area contributed by atoms with Gasteiger partial charge in [0.05, 0.1) is 13.2 Å². The van der Waals surface area contributed by atoms with E-state index in [1.54, 1.807) is 0 Å². The van der Waals surface area contributed by atoms with Gasteiger partial charge in [0.2, 0.25) is 0 Å². The maximum absolute atomic E-state index is 12.1. The van der Waals surface area contributed by atoms with E-state index in [-0.39, 0.29) is 57.4 Å². The third kappa shape index (κ3) is 5.48. The number of rotatable bonds is 3. The molecule has 1 rings (SSSR count). The van der Waals surface area contributed by atoms with Gasteiger partial charge in [-0.2, -0.15) is 0 Å².